The zero-order valence-electron chi connectivity index (χ0n) is 5.82. The van der Waals surface area contributed by atoms with E-state index in [9.17, 15) is 0 Å². The molecule has 8 heavy (non-hydrogen) atoms. The van der Waals surface area contributed by atoms with Crippen molar-refractivity contribution in [1.82, 2.24) is 0 Å². The molecule has 48 valence electrons. The zero-order valence-corrected chi connectivity index (χ0v) is 6.82. The van der Waals surface area contributed by atoms with Gasteiger partial charge in [0, 0.05) is 5.38 Å². The third-order valence-corrected chi connectivity index (χ3v) is 2.72. The van der Waals surface area contributed by atoms with Gasteiger partial charge < -0.3 is 11.3 Å². The number of methoxy groups -OCH3 is 1. The molecule has 0 saturated carbocycles. The summed E-state index contributed by atoms with van der Waals surface area (Å²) in [5.41, 5.74) is 0. The van der Waals surface area contributed by atoms with Crippen molar-refractivity contribution in [3.05, 3.63) is 18.5 Å². The second-order valence-electron chi connectivity index (χ2n) is 2.51. The highest BCUT2D eigenvalue weighted by atomic mass is 28.3. The van der Waals surface area contributed by atoms with Gasteiger partial charge in [0.25, 0.3) is 0 Å². The molecule has 0 aromatic rings. The van der Waals surface area contributed by atoms with Gasteiger partial charge in [0.15, 0.2) is 0 Å². The molecule has 0 aliphatic rings. The summed E-state index contributed by atoms with van der Waals surface area (Å²) >= 11 is 0. The molecule has 0 amide bonds. The molecule has 0 bridgehead atoms. The summed E-state index contributed by atoms with van der Waals surface area (Å²) in [6, 6.07) is 0. The Labute approximate surface area is 52.4 Å². The van der Waals surface area contributed by atoms with Crippen LogP contribution in [0.4, 0.5) is 0 Å². The molecule has 0 atom stereocenters. The molecular formula is C6H13OSi-. The molecular weight excluding hydrogens is 116 g/mol. The van der Waals surface area contributed by atoms with Crippen LogP contribution in [0.1, 0.15) is 0 Å². The highest BCUT2D eigenvalue weighted by Crippen LogP contribution is 2.10. The van der Waals surface area contributed by atoms with Gasteiger partial charge in [-0.15, -0.1) is 0 Å². The van der Waals surface area contributed by atoms with Crippen LogP contribution in [0.15, 0.2) is 12.0 Å². The molecule has 0 N–H and O–H groups in total. The van der Waals surface area contributed by atoms with E-state index in [0.717, 1.165) is 5.38 Å². The van der Waals surface area contributed by atoms with Crippen molar-refractivity contribution in [2.24, 2.45) is 0 Å². The molecule has 0 aromatic heterocycles. The monoisotopic (exact) mass is 129 g/mol. The SMILES string of the molecule is C=C(OC)[Si]([CH2-])(C)C. The van der Waals surface area contributed by atoms with Crippen LogP contribution >= 0.6 is 0 Å². The second-order valence-corrected chi connectivity index (χ2v) is 6.84. The largest absolute Gasteiger partial charge is 0.510 e. The fraction of sp³-hybridized carbons (Fsp3) is 0.500. The van der Waals surface area contributed by atoms with E-state index in [1.165, 1.54) is 0 Å². The Bertz CT molecular complexity index is 91.2. The average molecular weight is 129 g/mol. The molecule has 0 aromatic carbocycles. The molecule has 0 radical (unpaired) electrons. The van der Waals surface area contributed by atoms with Gasteiger partial charge in [-0.2, -0.15) is 0 Å². The molecule has 1 nitrogen and oxygen atoms in total. The van der Waals surface area contributed by atoms with Gasteiger partial charge in [-0.1, -0.05) is 19.7 Å². The van der Waals surface area contributed by atoms with Gasteiger partial charge in [-0.25, -0.2) is 0 Å². The predicted molar refractivity (Wildman–Crippen MR) is 39.0 cm³/mol. The van der Waals surface area contributed by atoms with Crippen molar-refractivity contribution < 1.29 is 4.74 Å². The van der Waals surface area contributed by atoms with Crippen LogP contribution in [0.2, 0.25) is 13.1 Å². The minimum Gasteiger partial charge on any atom is -0.510 e. The smallest absolute Gasteiger partial charge is 0.0762 e. The van der Waals surface area contributed by atoms with Crippen LogP contribution < -0.4 is 0 Å². The lowest BCUT2D eigenvalue weighted by atomic mass is 11.1. The maximum Gasteiger partial charge on any atom is 0.0762 e. The highest BCUT2D eigenvalue weighted by Gasteiger charge is 2.08. The first kappa shape index (κ1) is 7.76. The lowest BCUT2D eigenvalue weighted by molar-refractivity contribution is 0.318. The average Bonchev–Trinajstić information content (AvgIpc) is 1.62. The predicted octanol–water partition coefficient (Wildman–Crippen LogP) is 1.77. The normalized spacial score (nSPS) is 11.0. The minimum absolute atomic E-state index is 0.859. The van der Waals surface area contributed by atoms with E-state index >= 15 is 0 Å². The lowest BCUT2D eigenvalue weighted by Gasteiger charge is -2.25. The standard InChI is InChI=1S/C6H13OSi/c1-6(7-2)8(3,4)5/h1,3H2,2,4-5H3/q-1. The molecule has 0 aliphatic heterocycles. The first-order chi connectivity index (χ1) is 3.48. The number of rotatable bonds is 2. The van der Waals surface area contributed by atoms with Crippen LogP contribution in [-0.4, -0.2) is 15.2 Å². The first-order valence-corrected chi connectivity index (χ1v) is 5.78. The van der Waals surface area contributed by atoms with Crippen molar-refractivity contribution >= 4 is 8.07 Å². The molecule has 0 rings (SSSR count). The summed E-state index contributed by atoms with van der Waals surface area (Å²) in [6.45, 7) is 11.9. The minimum atomic E-state index is -1.43. The van der Waals surface area contributed by atoms with E-state index in [0.29, 0.717) is 0 Å². The van der Waals surface area contributed by atoms with Crippen molar-refractivity contribution in [2.45, 2.75) is 13.1 Å². The van der Waals surface area contributed by atoms with Crippen LogP contribution in [-0.2, 0) is 4.74 Å². The Balaban J connectivity index is 3.82. The van der Waals surface area contributed by atoms with E-state index in [2.05, 4.69) is 26.2 Å². The highest BCUT2D eigenvalue weighted by molar-refractivity contribution is 6.85. The Morgan fingerprint density at radius 1 is 1.62 bits per heavy atom. The Hall–Kier alpha value is -0.243. The molecule has 0 unspecified atom stereocenters. The topological polar surface area (TPSA) is 9.23 Å². The van der Waals surface area contributed by atoms with Gasteiger partial charge in [0.2, 0.25) is 0 Å². The van der Waals surface area contributed by atoms with Gasteiger partial charge in [-0.05, 0) is 8.07 Å². The number of ether oxygens (including phenoxy) is 1. The molecule has 0 fully saturated rings. The summed E-state index contributed by atoms with van der Waals surface area (Å²) < 4.78 is 4.92. The van der Waals surface area contributed by atoms with Gasteiger partial charge in [0.05, 0.1) is 7.11 Å². The molecule has 0 heterocycles. The van der Waals surface area contributed by atoms with Crippen molar-refractivity contribution in [3.8, 4) is 0 Å². The third-order valence-electron chi connectivity index (χ3n) is 1.00. The van der Waals surface area contributed by atoms with Crippen molar-refractivity contribution in [1.29, 1.82) is 0 Å². The van der Waals surface area contributed by atoms with Crippen LogP contribution in [0, 0.1) is 6.55 Å². The molecule has 2 heteroatoms. The Morgan fingerprint density at radius 3 is 2.00 bits per heavy atom. The number of hydrogen-bond donors (Lipinski definition) is 0. The summed E-state index contributed by atoms with van der Waals surface area (Å²) in [7, 11) is 0.214. The van der Waals surface area contributed by atoms with Crippen molar-refractivity contribution in [2.75, 3.05) is 7.11 Å². The van der Waals surface area contributed by atoms with E-state index < -0.39 is 8.07 Å². The maximum absolute atomic E-state index is 4.92. The maximum atomic E-state index is 4.92. The van der Waals surface area contributed by atoms with Crippen LogP contribution in [0.5, 0.6) is 0 Å². The molecule has 0 aliphatic carbocycles. The second kappa shape index (κ2) is 2.35. The quantitative estimate of drug-likeness (QED) is 0.314. The van der Waals surface area contributed by atoms with E-state index in [1.807, 2.05) is 0 Å². The molecule has 0 spiro atoms. The van der Waals surface area contributed by atoms with Crippen LogP contribution in [0.25, 0.3) is 0 Å². The summed E-state index contributed by atoms with van der Waals surface area (Å²) in [6.07, 6.45) is 0. The summed E-state index contributed by atoms with van der Waals surface area (Å²) in [5.74, 6) is 0. The van der Waals surface area contributed by atoms with E-state index in [1.54, 1.807) is 7.11 Å². The van der Waals surface area contributed by atoms with E-state index in [4.69, 9.17) is 4.74 Å². The van der Waals surface area contributed by atoms with Gasteiger partial charge in [-0.3, -0.25) is 0 Å². The van der Waals surface area contributed by atoms with Gasteiger partial charge >= 0.3 is 0 Å². The fourth-order valence-electron chi connectivity index (χ4n) is 0.276. The van der Waals surface area contributed by atoms with Crippen LogP contribution in [0.3, 0.4) is 0 Å². The van der Waals surface area contributed by atoms with E-state index in [-0.39, 0.29) is 0 Å². The summed E-state index contributed by atoms with van der Waals surface area (Å²) in [4.78, 5) is 0. The first-order valence-electron chi connectivity index (χ1n) is 2.57. The number of hydrogen-bond acceptors (Lipinski definition) is 1. The Kier molecular flexibility index (Phi) is 2.28. The fourth-order valence-corrected chi connectivity index (χ4v) is 0.829. The lowest BCUT2D eigenvalue weighted by Crippen LogP contribution is -2.25. The third kappa shape index (κ3) is 2.16. The zero-order chi connectivity index (χ0) is 6.78. The molecule has 0 saturated heterocycles. The Morgan fingerprint density at radius 2 is 2.00 bits per heavy atom. The van der Waals surface area contributed by atoms with Gasteiger partial charge in [0.1, 0.15) is 0 Å². The summed E-state index contributed by atoms with van der Waals surface area (Å²) in [5, 5.41) is 0.859. The van der Waals surface area contributed by atoms with Crippen molar-refractivity contribution in [3.63, 3.8) is 0 Å².